The van der Waals surface area contributed by atoms with E-state index in [0.29, 0.717) is 29.5 Å². The zero-order valence-electron chi connectivity index (χ0n) is 14.9. The third kappa shape index (κ3) is 5.08. The van der Waals surface area contributed by atoms with E-state index in [4.69, 9.17) is 11.6 Å². The number of nitrogens with one attached hydrogen (secondary N) is 2. The number of amides is 3. The molecule has 2 aromatic carbocycles. The average Bonchev–Trinajstić information content (AvgIpc) is 2.99. The molecule has 1 aliphatic rings. The molecule has 0 radical (unpaired) electrons. The molecule has 1 heterocycles. The maximum atomic E-state index is 12.5. The van der Waals surface area contributed by atoms with Crippen molar-refractivity contribution in [2.45, 2.75) is 19.9 Å². The van der Waals surface area contributed by atoms with Gasteiger partial charge in [0.2, 0.25) is 17.7 Å². The van der Waals surface area contributed by atoms with Crippen molar-refractivity contribution in [1.82, 2.24) is 4.90 Å². The monoisotopic (exact) mass is 385 g/mol. The zero-order valence-corrected chi connectivity index (χ0v) is 15.6. The Morgan fingerprint density at radius 2 is 1.63 bits per heavy atom. The number of rotatable bonds is 5. The van der Waals surface area contributed by atoms with E-state index in [9.17, 15) is 14.4 Å². The number of halogens is 1. The smallest absolute Gasteiger partial charge is 0.229 e. The number of carbonyl (C=O) groups is 3. The van der Waals surface area contributed by atoms with Crippen molar-refractivity contribution >= 4 is 40.7 Å². The molecule has 1 fully saturated rings. The summed E-state index contributed by atoms with van der Waals surface area (Å²) >= 11 is 5.88. The van der Waals surface area contributed by atoms with Crippen LogP contribution in [0.1, 0.15) is 18.9 Å². The Bertz CT molecular complexity index is 850. The number of hydrogen-bond acceptors (Lipinski definition) is 3. The standard InChI is InChI=1S/C20H20ClN3O3/c1-13(25)22-17-6-8-18(9-7-17)23-20(27)15-10-19(26)24(12-15)11-14-2-4-16(21)5-3-14/h2-9,15H,10-12H2,1H3,(H,22,25)(H,23,27). The van der Waals surface area contributed by atoms with Crippen LogP contribution in [0.15, 0.2) is 48.5 Å². The summed E-state index contributed by atoms with van der Waals surface area (Å²) < 4.78 is 0. The van der Waals surface area contributed by atoms with E-state index in [1.54, 1.807) is 41.3 Å². The molecule has 0 bridgehead atoms. The highest BCUT2D eigenvalue weighted by Crippen LogP contribution is 2.23. The number of anilines is 2. The van der Waals surface area contributed by atoms with Gasteiger partial charge in [0.25, 0.3) is 0 Å². The highest BCUT2D eigenvalue weighted by Gasteiger charge is 2.34. The van der Waals surface area contributed by atoms with Crippen LogP contribution in [0.2, 0.25) is 5.02 Å². The number of nitrogens with zero attached hydrogens (tertiary/aromatic N) is 1. The number of hydrogen-bond donors (Lipinski definition) is 2. The lowest BCUT2D eigenvalue weighted by molar-refractivity contribution is -0.128. The first-order valence-corrected chi connectivity index (χ1v) is 8.99. The van der Waals surface area contributed by atoms with Crippen LogP contribution >= 0.6 is 11.6 Å². The molecular weight excluding hydrogens is 366 g/mol. The van der Waals surface area contributed by atoms with E-state index < -0.39 is 0 Å². The van der Waals surface area contributed by atoms with E-state index in [2.05, 4.69) is 10.6 Å². The van der Waals surface area contributed by atoms with Crippen LogP contribution in [0, 0.1) is 5.92 Å². The summed E-state index contributed by atoms with van der Waals surface area (Å²) in [5.74, 6) is -0.766. The molecule has 1 saturated heterocycles. The lowest BCUT2D eigenvalue weighted by atomic mass is 10.1. The van der Waals surface area contributed by atoms with Gasteiger partial charge >= 0.3 is 0 Å². The van der Waals surface area contributed by atoms with Gasteiger partial charge in [-0.25, -0.2) is 0 Å². The molecule has 3 amide bonds. The molecule has 1 unspecified atom stereocenters. The van der Waals surface area contributed by atoms with Gasteiger partial charge in [-0.05, 0) is 42.0 Å². The van der Waals surface area contributed by atoms with Gasteiger partial charge in [0.05, 0.1) is 5.92 Å². The Hall–Kier alpha value is -2.86. The third-order valence-corrected chi connectivity index (χ3v) is 4.60. The summed E-state index contributed by atoms with van der Waals surface area (Å²) in [7, 11) is 0. The van der Waals surface area contributed by atoms with Crippen molar-refractivity contribution in [3.05, 3.63) is 59.1 Å². The molecule has 7 heteroatoms. The van der Waals surface area contributed by atoms with Gasteiger partial charge in [-0.3, -0.25) is 14.4 Å². The van der Waals surface area contributed by atoms with Crippen molar-refractivity contribution in [1.29, 1.82) is 0 Å². The van der Waals surface area contributed by atoms with Crippen LogP contribution in [0.5, 0.6) is 0 Å². The molecule has 0 spiro atoms. The van der Waals surface area contributed by atoms with Crippen molar-refractivity contribution in [2.75, 3.05) is 17.2 Å². The van der Waals surface area contributed by atoms with Gasteiger partial charge in [0, 0.05) is 42.8 Å². The Kier molecular flexibility index (Phi) is 5.76. The minimum absolute atomic E-state index is 0.0360. The van der Waals surface area contributed by atoms with E-state index in [0.717, 1.165) is 5.56 Å². The molecule has 2 N–H and O–H groups in total. The van der Waals surface area contributed by atoms with E-state index >= 15 is 0 Å². The van der Waals surface area contributed by atoms with Crippen LogP contribution in [0.4, 0.5) is 11.4 Å². The average molecular weight is 386 g/mol. The molecule has 0 aromatic heterocycles. The van der Waals surface area contributed by atoms with Crippen molar-refractivity contribution in [3.8, 4) is 0 Å². The highest BCUT2D eigenvalue weighted by molar-refractivity contribution is 6.30. The van der Waals surface area contributed by atoms with Crippen molar-refractivity contribution in [3.63, 3.8) is 0 Å². The minimum Gasteiger partial charge on any atom is -0.338 e. The normalized spacial score (nSPS) is 16.3. The van der Waals surface area contributed by atoms with E-state index in [1.807, 2.05) is 12.1 Å². The lowest BCUT2D eigenvalue weighted by Crippen LogP contribution is -2.28. The number of carbonyl (C=O) groups excluding carboxylic acids is 3. The molecular formula is C20H20ClN3O3. The maximum absolute atomic E-state index is 12.5. The highest BCUT2D eigenvalue weighted by atomic mass is 35.5. The van der Waals surface area contributed by atoms with Gasteiger partial charge in [0.15, 0.2) is 0 Å². The van der Waals surface area contributed by atoms with E-state index in [-0.39, 0.29) is 30.1 Å². The summed E-state index contributed by atoms with van der Waals surface area (Å²) in [6, 6.07) is 14.2. The summed E-state index contributed by atoms with van der Waals surface area (Å²) in [6.07, 6.45) is 0.198. The first-order valence-electron chi connectivity index (χ1n) is 8.61. The number of benzene rings is 2. The molecule has 2 aromatic rings. The second-order valence-electron chi connectivity index (χ2n) is 6.55. The fraction of sp³-hybridized carbons (Fsp3) is 0.250. The minimum atomic E-state index is -0.389. The van der Waals surface area contributed by atoms with Crippen LogP contribution in [-0.2, 0) is 20.9 Å². The molecule has 0 aliphatic carbocycles. The number of likely N-dealkylation sites (tertiary alicyclic amines) is 1. The van der Waals surface area contributed by atoms with Gasteiger partial charge in [-0.15, -0.1) is 0 Å². The largest absolute Gasteiger partial charge is 0.338 e. The first kappa shape index (κ1) is 18.9. The Balaban J connectivity index is 1.57. The second kappa shape index (κ2) is 8.22. The second-order valence-corrected chi connectivity index (χ2v) is 6.99. The topological polar surface area (TPSA) is 78.5 Å². The van der Waals surface area contributed by atoms with Gasteiger partial charge in [0.1, 0.15) is 0 Å². The molecule has 140 valence electrons. The molecule has 3 rings (SSSR count). The van der Waals surface area contributed by atoms with Crippen molar-refractivity contribution in [2.24, 2.45) is 5.92 Å². The molecule has 1 atom stereocenters. The van der Waals surface area contributed by atoms with Gasteiger partial charge in [-0.1, -0.05) is 23.7 Å². The van der Waals surface area contributed by atoms with Gasteiger partial charge in [-0.2, -0.15) is 0 Å². The van der Waals surface area contributed by atoms with Crippen LogP contribution in [-0.4, -0.2) is 29.2 Å². The SMILES string of the molecule is CC(=O)Nc1ccc(NC(=O)C2CC(=O)N(Cc3ccc(Cl)cc3)C2)cc1. The molecule has 6 nitrogen and oxygen atoms in total. The summed E-state index contributed by atoms with van der Waals surface area (Å²) in [4.78, 5) is 37.5. The van der Waals surface area contributed by atoms with Crippen LogP contribution in [0.25, 0.3) is 0 Å². The third-order valence-electron chi connectivity index (χ3n) is 4.34. The quantitative estimate of drug-likeness (QED) is 0.829. The summed E-state index contributed by atoms with van der Waals surface area (Å²) in [5, 5.41) is 6.14. The maximum Gasteiger partial charge on any atom is 0.229 e. The fourth-order valence-corrected chi connectivity index (χ4v) is 3.12. The lowest BCUT2D eigenvalue weighted by Gasteiger charge is -2.17. The zero-order chi connectivity index (χ0) is 19.4. The molecule has 0 saturated carbocycles. The molecule has 1 aliphatic heterocycles. The Labute approximate surface area is 162 Å². The van der Waals surface area contributed by atoms with Gasteiger partial charge < -0.3 is 15.5 Å². The van der Waals surface area contributed by atoms with Crippen molar-refractivity contribution < 1.29 is 14.4 Å². The first-order chi connectivity index (χ1) is 12.9. The predicted octanol–water partition coefficient (Wildman–Crippen LogP) is 3.29. The Morgan fingerprint density at radius 3 is 2.22 bits per heavy atom. The summed E-state index contributed by atoms with van der Waals surface area (Å²) in [5.41, 5.74) is 2.26. The molecule has 27 heavy (non-hydrogen) atoms. The Morgan fingerprint density at radius 1 is 1.04 bits per heavy atom. The van der Waals surface area contributed by atoms with E-state index in [1.165, 1.54) is 6.92 Å². The van der Waals surface area contributed by atoms with Crippen LogP contribution < -0.4 is 10.6 Å². The fourth-order valence-electron chi connectivity index (χ4n) is 3.00. The van der Waals surface area contributed by atoms with Crippen LogP contribution in [0.3, 0.4) is 0 Å². The predicted molar refractivity (Wildman–Crippen MR) is 104 cm³/mol. The summed E-state index contributed by atoms with van der Waals surface area (Å²) in [6.45, 7) is 2.28.